The minimum Gasteiger partial charge on any atom is -0.508 e. The lowest BCUT2D eigenvalue weighted by molar-refractivity contribution is 0.314. The Labute approximate surface area is 95.5 Å². The molecule has 3 heteroatoms. The molecule has 1 aromatic rings. The summed E-state index contributed by atoms with van der Waals surface area (Å²) in [6, 6.07) is 5.30. The predicted octanol–water partition coefficient (Wildman–Crippen LogP) is 2.89. The predicted molar refractivity (Wildman–Crippen MR) is 62.2 cm³/mol. The summed E-state index contributed by atoms with van der Waals surface area (Å²) in [6.45, 7) is 5.22. The average Bonchev–Trinajstić information content (AvgIpc) is 2.58. The number of phenols is 1. The highest BCUT2D eigenvalue weighted by Gasteiger charge is 2.20. The Bertz CT molecular complexity index is 333. The van der Waals surface area contributed by atoms with Gasteiger partial charge in [-0.2, -0.15) is 0 Å². The van der Waals surface area contributed by atoms with Gasteiger partial charge in [-0.3, -0.25) is 4.90 Å². The molecule has 82 valence electrons. The Kier molecular flexibility index (Phi) is 3.17. The van der Waals surface area contributed by atoms with Gasteiger partial charge in [-0.1, -0.05) is 24.6 Å². The van der Waals surface area contributed by atoms with Gasteiger partial charge in [-0.05, 0) is 31.0 Å². The average molecular weight is 226 g/mol. The van der Waals surface area contributed by atoms with Gasteiger partial charge in [0.2, 0.25) is 0 Å². The zero-order valence-electron chi connectivity index (χ0n) is 8.91. The van der Waals surface area contributed by atoms with Crippen LogP contribution in [0.4, 0.5) is 0 Å². The van der Waals surface area contributed by atoms with Crippen molar-refractivity contribution in [3.05, 3.63) is 28.8 Å². The Hall–Kier alpha value is -0.730. The first-order valence-electron chi connectivity index (χ1n) is 5.35. The second kappa shape index (κ2) is 4.42. The van der Waals surface area contributed by atoms with Crippen molar-refractivity contribution in [1.82, 2.24) is 4.90 Å². The molecular formula is C12H16ClNO. The third-order valence-corrected chi connectivity index (χ3v) is 3.34. The third-order valence-electron chi connectivity index (χ3n) is 2.98. The second-order valence-electron chi connectivity index (χ2n) is 4.37. The topological polar surface area (TPSA) is 23.5 Å². The summed E-state index contributed by atoms with van der Waals surface area (Å²) < 4.78 is 0. The van der Waals surface area contributed by atoms with Crippen LogP contribution in [0.15, 0.2) is 18.2 Å². The van der Waals surface area contributed by atoms with Crippen molar-refractivity contribution in [2.24, 2.45) is 5.92 Å². The number of likely N-dealkylation sites (tertiary alicyclic amines) is 1. The summed E-state index contributed by atoms with van der Waals surface area (Å²) in [5, 5.41) is 10.4. The van der Waals surface area contributed by atoms with Crippen LogP contribution in [-0.2, 0) is 6.54 Å². The Morgan fingerprint density at radius 1 is 1.53 bits per heavy atom. The molecule has 1 saturated heterocycles. The van der Waals surface area contributed by atoms with Crippen molar-refractivity contribution in [3.63, 3.8) is 0 Å². The number of rotatable bonds is 2. The van der Waals surface area contributed by atoms with Gasteiger partial charge in [0.1, 0.15) is 5.75 Å². The summed E-state index contributed by atoms with van der Waals surface area (Å²) in [5.41, 5.74) is 0.855. The molecule has 0 bridgehead atoms. The molecule has 1 heterocycles. The maximum absolute atomic E-state index is 9.71. The fraction of sp³-hybridized carbons (Fsp3) is 0.500. The summed E-state index contributed by atoms with van der Waals surface area (Å²) in [4.78, 5) is 2.34. The Morgan fingerprint density at radius 3 is 2.93 bits per heavy atom. The molecule has 15 heavy (non-hydrogen) atoms. The maximum Gasteiger partial charge on any atom is 0.121 e. The van der Waals surface area contributed by atoms with E-state index >= 15 is 0 Å². The second-order valence-corrected chi connectivity index (χ2v) is 4.77. The van der Waals surface area contributed by atoms with E-state index in [0.29, 0.717) is 10.8 Å². The van der Waals surface area contributed by atoms with E-state index in [0.717, 1.165) is 31.1 Å². The van der Waals surface area contributed by atoms with E-state index in [-0.39, 0.29) is 0 Å². The van der Waals surface area contributed by atoms with E-state index in [1.54, 1.807) is 12.1 Å². The van der Waals surface area contributed by atoms with Gasteiger partial charge in [0.15, 0.2) is 0 Å². The molecule has 0 aliphatic carbocycles. The van der Waals surface area contributed by atoms with Crippen LogP contribution in [-0.4, -0.2) is 23.1 Å². The molecule has 0 aromatic heterocycles. The summed E-state index contributed by atoms with van der Waals surface area (Å²) >= 11 is 6.06. The van der Waals surface area contributed by atoms with Gasteiger partial charge in [0, 0.05) is 23.7 Å². The van der Waals surface area contributed by atoms with Crippen LogP contribution in [0.1, 0.15) is 18.9 Å². The van der Waals surface area contributed by atoms with E-state index < -0.39 is 0 Å². The standard InChI is InChI=1S/C12H16ClNO/c1-9-5-6-14(7-9)8-10-11(13)3-2-4-12(10)15/h2-4,9,15H,5-8H2,1H3. The van der Waals surface area contributed by atoms with Crippen molar-refractivity contribution in [1.29, 1.82) is 0 Å². The van der Waals surface area contributed by atoms with Gasteiger partial charge in [0.25, 0.3) is 0 Å². The van der Waals surface area contributed by atoms with Crippen molar-refractivity contribution < 1.29 is 5.11 Å². The zero-order valence-corrected chi connectivity index (χ0v) is 9.67. The van der Waals surface area contributed by atoms with Crippen LogP contribution in [0.3, 0.4) is 0 Å². The van der Waals surface area contributed by atoms with Gasteiger partial charge < -0.3 is 5.11 Å². The number of halogens is 1. The number of phenolic OH excluding ortho intramolecular Hbond substituents is 1. The highest BCUT2D eigenvalue weighted by atomic mass is 35.5. The van der Waals surface area contributed by atoms with E-state index in [2.05, 4.69) is 11.8 Å². The van der Waals surface area contributed by atoms with Gasteiger partial charge >= 0.3 is 0 Å². The minimum absolute atomic E-state index is 0.307. The fourth-order valence-corrected chi connectivity index (χ4v) is 2.33. The van der Waals surface area contributed by atoms with Crippen molar-refractivity contribution in [2.75, 3.05) is 13.1 Å². The monoisotopic (exact) mass is 225 g/mol. The van der Waals surface area contributed by atoms with Crippen LogP contribution in [0.25, 0.3) is 0 Å². The van der Waals surface area contributed by atoms with Crippen LogP contribution >= 0.6 is 11.6 Å². The molecule has 1 aromatic carbocycles. The van der Waals surface area contributed by atoms with E-state index in [9.17, 15) is 5.11 Å². The van der Waals surface area contributed by atoms with Crippen LogP contribution in [0.2, 0.25) is 5.02 Å². The summed E-state index contributed by atoms with van der Waals surface area (Å²) in [5.74, 6) is 1.07. The number of benzene rings is 1. The Balaban J connectivity index is 2.10. The number of nitrogens with zero attached hydrogens (tertiary/aromatic N) is 1. The lowest BCUT2D eigenvalue weighted by Crippen LogP contribution is -2.19. The molecule has 1 atom stereocenters. The smallest absolute Gasteiger partial charge is 0.121 e. The molecule has 1 fully saturated rings. The molecule has 0 radical (unpaired) electrons. The maximum atomic E-state index is 9.71. The molecule has 1 aliphatic heterocycles. The van der Waals surface area contributed by atoms with Gasteiger partial charge in [0.05, 0.1) is 0 Å². The van der Waals surface area contributed by atoms with E-state index in [4.69, 9.17) is 11.6 Å². The molecule has 0 amide bonds. The number of hydrogen-bond donors (Lipinski definition) is 1. The molecule has 1 aliphatic rings. The van der Waals surface area contributed by atoms with E-state index in [1.165, 1.54) is 6.42 Å². The summed E-state index contributed by atoms with van der Waals surface area (Å²) in [7, 11) is 0. The molecule has 1 unspecified atom stereocenters. The molecular weight excluding hydrogens is 210 g/mol. The first-order chi connectivity index (χ1) is 7.16. The first kappa shape index (κ1) is 10.8. The van der Waals surface area contributed by atoms with Gasteiger partial charge in [-0.15, -0.1) is 0 Å². The van der Waals surface area contributed by atoms with Crippen LogP contribution in [0, 0.1) is 5.92 Å². The molecule has 0 saturated carbocycles. The number of hydrogen-bond acceptors (Lipinski definition) is 2. The Morgan fingerprint density at radius 2 is 2.33 bits per heavy atom. The lowest BCUT2D eigenvalue weighted by atomic mass is 10.1. The molecule has 0 spiro atoms. The van der Waals surface area contributed by atoms with Crippen molar-refractivity contribution in [2.45, 2.75) is 19.9 Å². The molecule has 2 rings (SSSR count). The van der Waals surface area contributed by atoms with E-state index in [1.807, 2.05) is 6.07 Å². The summed E-state index contributed by atoms with van der Waals surface area (Å²) in [6.07, 6.45) is 1.24. The minimum atomic E-state index is 0.307. The van der Waals surface area contributed by atoms with Crippen molar-refractivity contribution >= 4 is 11.6 Å². The van der Waals surface area contributed by atoms with Crippen molar-refractivity contribution in [3.8, 4) is 5.75 Å². The van der Waals surface area contributed by atoms with Crippen LogP contribution in [0.5, 0.6) is 5.75 Å². The number of aromatic hydroxyl groups is 1. The normalized spacial score (nSPS) is 22.1. The largest absolute Gasteiger partial charge is 0.508 e. The lowest BCUT2D eigenvalue weighted by Gasteiger charge is -2.16. The van der Waals surface area contributed by atoms with Crippen LogP contribution < -0.4 is 0 Å². The quantitative estimate of drug-likeness (QED) is 0.837. The zero-order chi connectivity index (χ0) is 10.8. The fourth-order valence-electron chi connectivity index (χ4n) is 2.10. The third kappa shape index (κ3) is 2.44. The van der Waals surface area contributed by atoms with Gasteiger partial charge in [-0.25, -0.2) is 0 Å². The molecule has 1 N–H and O–H groups in total. The first-order valence-corrected chi connectivity index (χ1v) is 5.73. The molecule has 2 nitrogen and oxygen atoms in total. The highest BCUT2D eigenvalue weighted by molar-refractivity contribution is 6.31. The highest BCUT2D eigenvalue weighted by Crippen LogP contribution is 2.28. The SMILES string of the molecule is CC1CCN(Cc2c(O)cccc2Cl)C1.